The Morgan fingerprint density at radius 1 is 1.15 bits per heavy atom. The summed E-state index contributed by atoms with van der Waals surface area (Å²) >= 11 is 7.29. The highest BCUT2D eigenvalue weighted by Gasteiger charge is 2.32. The van der Waals surface area contributed by atoms with Crippen molar-refractivity contribution >= 4 is 44.6 Å². The summed E-state index contributed by atoms with van der Waals surface area (Å²) in [6.45, 7) is 3.55. The molecular formula is C17H20ClN3O3S2. The van der Waals surface area contributed by atoms with Gasteiger partial charge in [0.05, 0.1) is 16.8 Å². The zero-order valence-corrected chi connectivity index (χ0v) is 16.6. The van der Waals surface area contributed by atoms with Crippen LogP contribution in [0.1, 0.15) is 6.92 Å². The third-order valence-corrected chi connectivity index (χ3v) is 8.02. The lowest BCUT2D eigenvalue weighted by molar-refractivity contribution is -0.121. The molecule has 0 unspecified atom stereocenters. The van der Waals surface area contributed by atoms with E-state index in [0.717, 1.165) is 0 Å². The minimum absolute atomic E-state index is 0.160. The van der Waals surface area contributed by atoms with E-state index in [4.69, 9.17) is 11.6 Å². The van der Waals surface area contributed by atoms with E-state index < -0.39 is 10.0 Å². The molecule has 1 aromatic carbocycles. The number of benzene rings is 1. The molecule has 0 radical (unpaired) electrons. The van der Waals surface area contributed by atoms with Crippen LogP contribution in [0.15, 0.2) is 46.0 Å². The molecule has 1 saturated heterocycles. The van der Waals surface area contributed by atoms with E-state index >= 15 is 0 Å². The van der Waals surface area contributed by atoms with Crippen LogP contribution in [0, 0.1) is 0 Å². The third-order valence-electron chi connectivity index (χ3n) is 4.42. The van der Waals surface area contributed by atoms with E-state index in [1.807, 2.05) is 11.8 Å². The van der Waals surface area contributed by atoms with Crippen molar-refractivity contribution in [3.8, 4) is 0 Å². The van der Waals surface area contributed by atoms with Crippen LogP contribution >= 0.6 is 22.9 Å². The van der Waals surface area contributed by atoms with Crippen LogP contribution in [-0.4, -0.2) is 55.8 Å². The molecule has 0 bridgehead atoms. The van der Waals surface area contributed by atoms with Crippen molar-refractivity contribution in [3.05, 3.63) is 46.8 Å². The summed E-state index contributed by atoms with van der Waals surface area (Å²) < 4.78 is 27.0. The quantitative estimate of drug-likeness (QED) is 0.818. The van der Waals surface area contributed by atoms with Crippen molar-refractivity contribution < 1.29 is 13.2 Å². The van der Waals surface area contributed by atoms with Gasteiger partial charge in [0.15, 0.2) is 0 Å². The number of amides is 1. The average Bonchev–Trinajstić information content (AvgIpc) is 3.18. The molecule has 1 fully saturated rings. The zero-order valence-electron chi connectivity index (χ0n) is 14.3. The molecule has 2 aromatic rings. The Bertz CT molecular complexity index is 863. The topological polar surface area (TPSA) is 69.7 Å². The number of hydrogen-bond acceptors (Lipinski definition) is 5. The summed E-state index contributed by atoms with van der Waals surface area (Å²) in [4.78, 5) is 14.5. The Hall–Kier alpha value is -1.45. The van der Waals surface area contributed by atoms with Crippen molar-refractivity contribution in [3.63, 3.8) is 0 Å². The highest BCUT2D eigenvalue weighted by Crippen LogP contribution is 2.23. The van der Waals surface area contributed by atoms with Gasteiger partial charge in [-0.15, -0.1) is 11.3 Å². The van der Waals surface area contributed by atoms with Crippen molar-refractivity contribution in [2.24, 2.45) is 0 Å². The molecule has 140 valence electrons. The number of nitrogens with zero attached hydrogens (tertiary/aromatic N) is 2. The molecule has 1 aromatic heterocycles. The molecule has 0 spiro atoms. The lowest BCUT2D eigenvalue weighted by atomic mass is 10.2. The fourth-order valence-corrected chi connectivity index (χ4v) is 5.58. The van der Waals surface area contributed by atoms with E-state index in [9.17, 15) is 13.2 Å². The van der Waals surface area contributed by atoms with E-state index in [1.54, 1.807) is 41.8 Å². The molecule has 3 rings (SSSR count). The predicted molar refractivity (Wildman–Crippen MR) is 104 cm³/mol. The van der Waals surface area contributed by atoms with Crippen LogP contribution in [0.3, 0.4) is 0 Å². The van der Waals surface area contributed by atoms with Crippen molar-refractivity contribution in [1.29, 1.82) is 0 Å². The van der Waals surface area contributed by atoms with Gasteiger partial charge in [-0.3, -0.25) is 9.69 Å². The number of carbonyl (C=O) groups is 1. The average molecular weight is 414 g/mol. The summed E-state index contributed by atoms with van der Waals surface area (Å²) in [5, 5.41) is 5.07. The molecule has 6 nitrogen and oxygen atoms in total. The van der Waals surface area contributed by atoms with Gasteiger partial charge < -0.3 is 5.32 Å². The van der Waals surface area contributed by atoms with Gasteiger partial charge in [0.2, 0.25) is 5.91 Å². The monoisotopic (exact) mass is 413 g/mol. The maximum atomic E-state index is 12.6. The minimum Gasteiger partial charge on any atom is -0.323 e. The highest BCUT2D eigenvalue weighted by atomic mass is 35.5. The van der Waals surface area contributed by atoms with Crippen molar-refractivity contribution in [2.45, 2.75) is 17.2 Å². The molecule has 1 aliphatic heterocycles. The number of thiophene rings is 1. The molecular weight excluding hydrogens is 394 g/mol. The van der Waals surface area contributed by atoms with Crippen molar-refractivity contribution in [1.82, 2.24) is 9.21 Å². The van der Waals surface area contributed by atoms with Gasteiger partial charge in [-0.2, -0.15) is 4.31 Å². The highest BCUT2D eigenvalue weighted by molar-refractivity contribution is 7.91. The third kappa shape index (κ3) is 4.10. The normalized spacial score (nSPS) is 17.8. The maximum Gasteiger partial charge on any atom is 0.252 e. The lowest BCUT2D eigenvalue weighted by Crippen LogP contribution is -2.53. The number of halogens is 1. The van der Waals surface area contributed by atoms with Gasteiger partial charge in [0.25, 0.3) is 10.0 Å². The van der Waals surface area contributed by atoms with Gasteiger partial charge in [0, 0.05) is 26.2 Å². The first-order valence-electron chi connectivity index (χ1n) is 8.22. The van der Waals surface area contributed by atoms with Gasteiger partial charge in [-0.25, -0.2) is 8.42 Å². The largest absolute Gasteiger partial charge is 0.323 e. The zero-order chi connectivity index (χ0) is 18.7. The number of hydrogen-bond donors (Lipinski definition) is 1. The molecule has 0 aliphatic carbocycles. The summed E-state index contributed by atoms with van der Waals surface area (Å²) in [6.07, 6.45) is 0. The number of nitrogens with one attached hydrogen (secondary N) is 1. The number of para-hydroxylation sites is 1. The first kappa shape index (κ1) is 19.3. The van der Waals surface area contributed by atoms with Crippen LogP contribution in [0.2, 0.25) is 5.02 Å². The molecule has 26 heavy (non-hydrogen) atoms. The second-order valence-electron chi connectivity index (χ2n) is 6.02. The van der Waals surface area contributed by atoms with Crippen LogP contribution in [0.25, 0.3) is 0 Å². The second-order valence-corrected chi connectivity index (χ2v) is 9.54. The van der Waals surface area contributed by atoms with Crippen molar-refractivity contribution in [2.75, 3.05) is 31.5 Å². The first-order valence-corrected chi connectivity index (χ1v) is 10.9. The molecule has 1 aliphatic rings. The smallest absolute Gasteiger partial charge is 0.252 e. The lowest BCUT2D eigenvalue weighted by Gasteiger charge is -2.36. The van der Waals surface area contributed by atoms with E-state index in [0.29, 0.717) is 41.1 Å². The van der Waals surface area contributed by atoms with E-state index in [-0.39, 0.29) is 11.9 Å². The summed E-state index contributed by atoms with van der Waals surface area (Å²) in [5.74, 6) is -0.160. The maximum absolute atomic E-state index is 12.6. The van der Waals surface area contributed by atoms with Gasteiger partial charge >= 0.3 is 0 Å². The number of sulfonamides is 1. The van der Waals surface area contributed by atoms with Crippen LogP contribution < -0.4 is 5.32 Å². The number of piperazine rings is 1. The standard InChI is InChI=1S/C17H20ClN3O3S2/c1-13(17(22)19-15-6-3-2-5-14(15)18)20-8-10-21(11-9-20)26(23,24)16-7-4-12-25-16/h2-7,12-13H,8-11H2,1H3,(H,19,22)/t13-/m1/s1. The molecule has 1 N–H and O–H groups in total. The Labute approximate surface area is 162 Å². The molecule has 1 atom stereocenters. The second kappa shape index (κ2) is 8.06. The van der Waals surface area contributed by atoms with E-state index in [2.05, 4.69) is 5.32 Å². The Kier molecular flexibility index (Phi) is 5.99. The first-order chi connectivity index (χ1) is 12.4. The SMILES string of the molecule is C[C@H](C(=O)Nc1ccccc1Cl)N1CCN(S(=O)(=O)c2cccs2)CC1. The molecule has 2 heterocycles. The fraction of sp³-hybridized carbons (Fsp3) is 0.353. The predicted octanol–water partition coefficient (Wildman–Crippen LogP) is 2.74. The van der Waals surface area contributed by atoms with Crippen LogP contribution in [0.5, 0.6) is 0 Å². The summed E-state index contributed by atoms with van der Waals surface area (Å²) in [6, 6.07) is 10.0. The van der Waals surface area contributed by atoms with Gasteiger partial charge in [0.1, 0.15) is 4.21 Å². The van der Waals surface area contributed by atoms with Crippen LogP contribution in [0.4, 0.5) is 5.69 Å². The number of anilines is 1. The Morgan fingerprint density at radius 2 is 1.85 bits per heavy atom. The van der Waals surface area contributed by atoms with Gasteiger partial charge in [-0.1, -0.05) is 29.8 Å². The Morgan fingerprint density at radius 3 is 2.46 bits per heavy atom. The van der Waals surface area contributed by atoms with E-state index in [1.165, 1.54) is 15.6 Å². The fourth-order valence-electron chi connectivity index (χ4n) is 2.83. The molecule has 1 amide bonds. The van der Waals surface area contributed by atoms with Crippen LogP contribution in [-0.2, 0) is 14.8 Å². The number of carbonyl (C=O) groups excluding carboxylic acids is 1. The minimum atomic E-state index is -3.44. The van der Waals surface area contributed by atoms with Gasteiger partial charge in [-0.05, 0) is 30.5 Å². The summed E-state index contributed by atoms with van der Waals surface area (Å²) in [7, 11) is -3.44. The summed E-state index contributed by atoms with van der Waals surface area (Å²) in [5.41, 5.74) is 0.574. The molecule has 0 saturated carbocycles. The molecule has 9 heteroatoms. The Balaban J connectivity index is 1.59. The number of rotatable bonds is 5.